The number of hydrogen-bond donors (Lipinski definition) is 2. The van der Waals surface area contributed by atoms with E-state index in [9.17, 15) is 18.8 Å². The molecule has 0 atom stereocenters. The number of nitrogens with one attached hydrogen (secondary N) is 2. The fraction of sp³-hybridized carbons (Fsp3) is 0.200. The van der Waals surface area contributed by atoms with Gasteiger partial charge in [0.25, 0.3) is 0 Å². The fourth-order valence-electron chi connectivity index (χ4n) is 2.73. The number of H-pyrrole nitrogens is 1. The standard InChI is InChI=1S/C20H19FN4O3S/c1-13(26)22-15-7-8-16(17(21)11-15)18(27)12-29-20-24-23-19(28)25(20)10-9-14-5-3-2-4-6-14/h2-8,11H,9-10,12H2,1H3,(H,22,26)(H,23,28). The highest BCUT2D eigenvalue weighted by atomic mass is 32.2. The third-order valence-corrected chi connectivity index (χ3v) is 5.09. The predicted octanol–water partition coefficient (Wildman–Crippen LogP) is 2.89. The lowest BCUT2D eigenvalue weighted by Gasteiger charge is -2.07. The summed E-state index contributed by atoms with van der Waals surface area (Å²) in [5, 5.41) is 9.17. The number of benzene rings is 2. The highest BCUT2D eigenvalue weighted by Gasteiger charge is 2.16. The van der Waals surface area contributed by atoms with E-state index in [1.54, 1.807) is 0 Å². The number of hydrogen-bond acceptors (Lipinski definition) is 5. The molecule has 0 unspecified atom stereocenters. The molecular formula is C20H19FN4O3S. The molecule has 3 rings (SSSR count). The van der Waals surface area contributed by atoms with Crippen molar-refractivity contribution >= 4 is 29.1 Å². The van der Waals surface area contributed by atoms with Crippen molar-refractivity contribution in [3.8, 4) is 0 Å². The van der Waals surface area contributed by atoms with E-state index in [2.05, 4.69) is 15.5 Å². The second kappa shape index (κ2) is 9.33. The Hall–Kier alpha value is -3.20. The van der Waals surface area contributed by atoms with Crippen LogP contribution in [-0.2, 0) is 17.8 Å². The zero-order valence-electron chi connectivity index (χ0n) is 15.6. The molecule has 2 aromatic carbocycles. The normalized spacial score (nSPS) is 10.7. The Balaban J connectivity index is 1.65. The van der Waals surface area contributed by atoms with Crippen molar-refractivity contribution in [3.63, 3.8) is 0 Å². The number of carbonyl (C=O) groups is 2. The first-order chi connectivity index (χ1) is 13.9. The molecule has 1 amide bonds. The molecule has 2 N–H and O–H groups in total. The minimum Gasteiger partial charge on any atom is -0.326 e. The van der Waals surface area contributed by atoms with Gasteiger partial charge >= 0.3 is 5.69 Å². The average Bonchev–Trinajstić information content (AvgIpc) is 3.04. The molecule has 0 bridgehead atoms. The van der Waals surface area contributed by atoms with Gasteiger partial charge in [0, 0.05) is 19.2 Å². The number of Topliss-reactive ketones (excluding diaryl/α,β-unsaturated/α-hetero) is 1. The summed E-state index contributed by atoms with van der Waals surface area (Å²) in [7, 11) is 0. The number of anilines is 1. The van der Waals surface area contributed by atoms with E-state index in [0.717, 1.165) is 23.4 Å². The largest absolute Gasteiger partial charge is 0.343 e. The first-order valence-corrected chi connectivity index (χ1v) is 9.85. The maximum Gasteiger partial charge on any atom is 0.343 e. The van der Waals surface area contributed by atoms with E-state index in [-0.39, 0.29) is 28.6 Å². The summed E-state index contributed by atoms with van der Waals surface area (Å²) in [6.45, 7) is 1.73. The van der Waals surface area contributed by atoms with Crippen molar-refractivity contribution in [2.45, 2.75) is 25.0 Å². The van der Waals surface area contributed by atoms with Gasteiger partial charge in [0.1, 0.15) is 5.82 Å². The van der Waals surface area contributed by atoms with E-state index in [0.29, 0.717) is 18.1 Å². The van der Waals surface area contributed by atoms with Gasteiger partial charge in [-0.3, -0.25) is 14.2 Å². The Morgan fingerprint density at radius 2 is 1.97 bits per heavy atom. The molecule has 0 fully saturated rings. The molecular weight excluding hydrogens is 395 g/mol. The molecule has 9 heteroatoms. The summed E-state index contributed by atoms with van der Waals surface area (Å²) in [6, 6.07) is 13.6. The van der Waals surface area contributed by atoms with Crippen LogP contribution in [0.25, 0.3) is 0 Å². The molecule has 0 saturated carbocycles. The van der Waals surface area contributed by atoms with Crippen LogP contribution in [0.5, 0.6) is 0 Å². The molecule has 29 heavy (non-hydrogen) atoms. The predicted molar refractivity (Wildman–Crippen MR) is 109 cm³/mol. The number of rotatable bonds is 8. The quantitative estimate of drug-likeness (QED) is 0.436. The van der Waals surface area contributed by atoms with Crippen LogP contribution in [0, 0.1) is 5.82 Å². The number of aromatic amines is 1. The lowest BCUT2D eigenvalue weighted by molar-refractivity contribution is -0.114. The summed E-state index contributed by atoms with van der Waals surface area (Å²) in [4.78, 5) is 35.4. The van der Waals surface area contributed by atoms with Crippen LogP contribution < -0.4 is 11.0 Å². The average molecular weight is 414 g/mol. The molecule has 150 valence electrons. The van der Waals surface area contributed by atoms with Crippen molar-refractivity contribution in [2.24, 2.45) is 0 Å². The number of nitrogens with zero attached hydrogens (tertiary/aromatic N) is 2. The first-order valence-electron chi connectivity index (χ1n) is 8.86. The number of thioether (sulfide) groups is 1. The van der Waals surface area contributed by atoms with Gasteiger partial charge in [-0.05, 0) is 30.2 Å². The van der Waals surface area contributed by atoms with E-state index in [1.165, 1.54) is 23.6 Å². The molecule has 0 aliphatic heterocycles. The summed E-state index contributed by atoms with van der Waals surface area (Å²) >= 11 is 1.06. The van der Waals surface area contributed by atoms with Crippen molar-refractivity contribution in [2.75, 3.05) is 11.1 Å². The minimum absolute atomic E-state index is 0.0773. The van der Waals surface area contributed by atoms with Crippen molar-refractivity contribution in [1.82, 2.24) is 14.8 Å². The molecule has 7 nitrogen and oxygen atoms in total. The van der Waals surface area contributed by atoms with Gasteiger partial charge in [-0.1, -0.05) is 42.1 Å². The summed E-state index contributed by atoms with van der Waals surface area (Å²) in [5.74, 6) is -1.56. The third-order valence-electron chi connectivity index (χ3n) is 4.11. The number of halogens is 1. The zero-order valence-corrected chi connectivity index (χ0v) is 16.5. The third kappa shape index (κ3) is 5.41. The second-order valence-electron chi connectivity index (χ2n) is 6.29. The molecule has 3 aromatic rings. The topological polar surface area (TPSA) is 96.8 Å². The molecule has 0 saturated heterocycles. The maximum absolute atomic E-state index is 14.2. The van der Waals surface area contributed by atoms with Gasteiger partial charge in [-0.25, -0.2) is 14.3 Å². The Labute approximate surface area is 170 Å². The van der Waals surface area contributed by atoms with E-state index < -0.39 is 11.6 Å². The van der Waals surface area contributed by atoms with Crippen LogP contribution in [0.1, 0.15) is 22.8 Å². The molecule has 0 radical (unpaired) electrons. The van der Waals surface area contributed by atoms with E-state index in [1.807, 2.05) is 30.3 Å². The van der Waals surface area contributed by atoms with Crippen molar-refractivity contribution in [3.05, 3.63) is 76.0 Å². The number of carbonyl (C=O) groups excluding carboxylic acids is 2. The Morgan fingerprint density at radius 3 is 2.66 bits per heavy atom. The van der Waals surface area contributed by atoms with Crippen LogP contribution >= 0.6 is 11.8 Å². The van der Waals surface area contributed by atoms with Crippen molar-refractivity contribution < 1.29 is 14.0 Å². The minimum atomic E-state index is -0.717. The van der Waals surface area contributed by atoms with Crippen LogP contribution in [0.2, 0.25) is 0 Å². The Bertz CT molecular complexity index is 1080. The van der Waals surface area contributed by atoms with Gasteiger partial charge < -0.3 is 5.32 Å². The summed E-state index contributed by atoms with van der Waals surface area (Å²) in [5.41, 5.74) is 0.914. The van der Waals surface area contributed by atoms with Gasteiger partial charge in [-0.2, -0.15) is 0 Å². The highest BCUT2D eigenvalue weighted by molar-refractivity contribution is 7.99. The number of aromatic nitrogens is 3. The van der Waals surface area contributed by atoms with Crippen LogP contribution in [-0.4, -0.2) is 32.2 Å². The first kappa shape index (κ1) is 20.5. The van der Waals surface area contributed by atoms with Gasteiger partial charge in [0.2, 0.25) is 5.91 Å². The van der Waals surface area contributed by atoms with Crippen LogP contribution in [0.15, 0.2) is 58.5 Å². The lowest BCUT2D eigenvalue weighted by atomic mass is 10.1. The van der Waals surface area contributed by atoms with Crippen LogP contribution in [0.3, 0.4) is 0 Å². The number of amides is 1. The second-order valence-corrected chi connectivity index (χ2v) is 7.23. The van der Waals surface area contributed by atoms with E-state index in [4.69, 9.17) is 0 Å². The zero-order chi connectivity index (χ0) is 20.8. The highest BCUT2D eigenvalue weighted by Crippen LogP contribution is 2.20. The Morgan fingerprint density at radius 1 is 1.21 bits per heavy atom. The number of aryl methyl sites for hydroxylation is 1. The lowest BCUT2D eigenvalue weighted by Crippen LogP contribution is -2.19. The smallest absolute Gasteiger partial charge is 0.326 e. The maximum atomic E-state index is 14.2. The van der Waals surface area contributed by atoms with Gasteiger partial charge in [0.15, 0.2) is 10.9 Å². The van der Waals surface area contributed by atoms with E-state index >= 15 is 0 Å². The molecule has 1 aromatic heterocycles. The Kier molecular flexibility index (Phi) is 6.61. The number of ketones is 1. The molecule has 0 spiro atoms. The van der Waals surface area contributed by atoms with Crippen molar-refractivity contribution in [1.29, 1.82) is 0 Å². The fourth-order valence-corrected chi connectivity index (χ4v) is 3.58. The summed E-state index contributed by atoms with van der Waals surface area (Å²) in [6.07, 6.45) is 0.640. The SMILES string of the molecule is CC(=O)Nc1ccc(C(=O)CSc2n[nH]c(=O)n2CCc2ccccc2)c(F)c1. The molecule has 0 aliphatic carbocycles. The van der Waals surface area contributed by atoms with Crippen LogP contribution in [0.4, 0.5) is 10.1 Å². The summed E-state index contributed by atoms with van der Waals surface area (Å²) < 4.78 is 15.7. The van der Waals surface area contributed by atoms with Gasteiger partial charge in [-0.15, -0.1) is 5.10 Å². The molecule has 0 aliphatic rings. The van der Waals surface area contributed by atoms with Gasteiger partial charge in [0.05, 0.1) is 11.3 Å². The molecule has 1 heterocycles. The monoisotopic (exact) mass is 414 g/mol.